The van der Waals surface area contributed by atoms with E-state index in [0.29, 0.717) is 42.7 Å². The first-order valence-corrected chi connectivity index (χ1v) is 8.52. The van der Waals surface area contributed by atoms with Crippen LogP contribution in [0.25, 0.3) is 11.5 Å². The fourth-order valence-electron chi connectivity index (χ4n) is 2.31. The third-order valence-electron chi connectivity index (χ3n) is 3.66. The van der Waals surface area contributed by atoms with Gasteiger partial charge in [-0.25, -0.2) is 0 Å². The number of carbonyl (C=O) groups excluding carboxylic acids is 1. The first-order chi connectivity index (χ1) is 13.2. The van der Waals surface area contributed by atoms with E-state index in [-0.39, 0.29) is 12.3 Å². The van der Waals surface area contributed by atoms with Gasteiger partial charge >= 0.3 is 0 Å². The Labute approximate surface area is 156 Å². The van der Waals surface area contributed by atoms with Gasteiger partial charge in [0.2, 0.25) is 17.6 Å². The van der Waals surface area contributed by atoms with Crippen molar-refractivity contribution in [3.63, 3.8) is 0 Å². The predicted molar refractivity (Wildman–Crippen MR) is 97.3 cm³/mol. The molecule has 1 amide bonds. The van der Waals surface area contributed by atoms with Gasteiger partial charge in [0.05, 0.1) is 13.7 Å². The number of benzene rings is 1. The molecule has 0 aliphatic heterocycles. The van der Waals surface area contributed by atoms with Gasteiger partial charge < -0.3 is 19.3 Å². The van der Waals surface area contributed by atoms with Crippen LogP contribution in [0.2, 0.25) is 0 Å². The second-order valence-electron chi connectivity index (χ2n) is 5.60. The summed E-state index contributed by atoms with van der Waals surface area (Å²) in [6.07, 6.45) is 2.28. The average Bonchev–Trinajstić information content (AvgIpc) is 3.20. The van der Waals surface area contributed by atoms with Crippen LogP contribution >= 0.6 is 0 Å². The summed E-state index contributed by atoms with van der Waals surface area (Å²) in [5.41, 5.74) is 0.631. The molecule has 0 aliphatic rings. The molecule has 0 radical (unpaired) electrons. The lowest BCUT2D eigenvalue weighted by Gasteiger charge is -2.08. The molecule has 140 valence electrons. The van der Waals surface area contributed by atoms with Crippen LogP contribution in [-0.4, -0.2) is 41.3 Å². The van der Waals surface area contributed by atoms with Gasteiger partial charge in [-0.15, -0.1) is 0 Å². The van der Waals surface area contributed by atoms with Gasteiger partial charge in [-0.05, 0) is 24.3 Å². The van der Waals surface area contributed by atoms with E-state index in [0.717, 1.165) is 5.75 Å². The molecule has 27 heavy (non-hydrogen) atoms. The van der Waals surface area contributed by atoms with E-state index >= 15 is 0 Å². The van der Waals surface area contributed by atoms with Crippen molar-refractivity contribution in [3.05, 3.63) is 54.6 Å². The number of aromatic nitrogens is 3. The molecule has 0 spiro atoms. The first kappa shape index (κ1) is 18.4. The second kappa shape index (κ2) is 9.33. The quantitative estimate of drug-likeness (QED) is 0.578. The van der Waals surface area contributed by atoms with Crippen LogP contribution in [0.5, 0.6) is 11.5 Å². The van der Waals surface area contributed by atoms with E-state index < -0.39 is 0 Å². The summed E-state index contributed by atoms with van der Waals surface area (Å²) >= 11 is 0. The first-order valence-electron chi connectivity index (χ1n) is 8.52. The van der Waals surface area contributed by atoms with Gasteiger partial charge in [0.1, 0.15) is 23.8 Å². The molecular formula is C19H20N4O4. The summed E-state index contributed by atoms with van der Waals surface area (Å²) in [5, 5.41) is 6.67. The summed E-state index contributed by atoms with van der Waals surface area (Å²) in [4.78, 5) is 20.3. The highest BCUT2D eigenvalue weighted by Gasteiger charge is 2.11. The molecule has 0 bridgehead atoms. The van der Waals surface area contributed by atoms with Crippen LogP contribution in [0.4, 0.5) is 0 Å². The molecule has 8 heteroatoms. The Morgan fingerprint density at radius 3 is 2.89 bits per heavy atom. The number of hydrogen-bond donors (Lipinski definition) is 1. The van der Waals surface area contributed by atoms with Crippen molar-refractivity contribution in [3.8, 4) is 23.0 Å². The zero-order valence-corrected chi connectivity index (χ0v) is 14.9. The molecule has 2 heterocycles. The molecule has 1 N–H and O–H groups in total. The Morgan fingerprint density at radius 1 is 1.19 bits per heavy atom. The van der Waals surface area contributed by atoms with Crippen LogP contribution in [0, 0.1) is 0 Å². The van der Waals surface area contributed by atoms with Gasteiger partial charge in [0, 0.05) is 25.1 Å². The lowest BCUT2D eigenvalue weighted by Crippen LogP contribution is -2.28. The topological polar surface area (TPSA) is 99.4 Å². The van der Waals surface area contributed by atoms with Crippen molar-refractivity contribution in [2.75, 3.05) is 20.3 Å². The molecule has 3 aromatic rings. The van der Waals surface area contributed by atoms with Gasteiger partial charge in [-0.2, -0.15) is 4.98 Å². The zero-order valence-electron chi connectivity index (χ0n) is 14.9. The highest BCUT2D eigenvalue weighted by molar-refractivity contribution is 5.76. The zero-order chi connectivity index (χ0) is 18.9. The van der Waals surface area contributed by atoms with Crippen LogP contribution < -0.4 is 14.8 Å². The monoisotopic (exact) mass is 368 g/mol. The lowest BCUT2D eigenvalue weighted by atomic mass is 10.3. The number of rotatable bonds is 9. The SMILES string of the molecule is COc1cccc(OCCNC(=O)CCc2nc(-c3ccccn3)no2)c1. The number of aryl methyl sites for hydroxylation is 1. The maximum absolute atomic E-state index is 11.9. The Kier molecular flexibility index (Phi) is 6.35. The van der Waals surface area contributed by atoms with Crippen LogP contribution in [0.1, 0.15) is 12.3 Å². The molecule has 8 nitrogen and oxygen atoms in total. The molecule has 0 saturated carbocycles. The van der Waals surface area contributed by atoms with Gasteiger partial charge in [-0.1, -0.05) is 17.3 Å². The molecule has 0 saturated heterocycles. The van der Waals surface area contributed by atoms with E-state index in [4.69, 9.17) is 14.0 Å². The fourth-order valence-corrected chi connectivity index (χ4v) is 2.31. The number of nitrogens with one attached hydrogen (secondary N) is 1. The smallest absolute Gasteiger partial charge is 0.227 e. The lowest BCUT2D eigenvalue weighted by molar-refractivity contribution is -0.121. The van der Waals surface area contributed by atoms with Gasteiger partial charge in [0.25, 0.3) is 0 Å². The molecule has 3 rings (SSSR count). The van der Waals surface area contributed by atoms with Crippen LogP contribution in [-0.2, 0) is 11.2 Å². The van der Waals surface area contributed by atoms with Crippen molar-refractivity contribution in [2.45, 2.75) is 12.8 Å². The molecule has 0 atom stereocenters. The van der Waals surface area contributed by atoms with Crippen molar-refractivity contribution < 1.29 is 18.8 Å². The molecule has 0 aliphatic carbocycles. The number of hydrogen-bond acceptors (Lipinski definition) is 7. The third-order valence-corrected chi connectivity index (χ3v) is 3.66. The minimum atomic E-state index is -0.109. The summed E-state index contributed by atoms with van der Waals surface area (Å²) in [6.45, 7) is 0.766. The summed E-state index contributed by atoms with van der Waals surface area (Å²) in [7, 11) is 1.60. The van der Waals surface area contributed by atoms with E-state index in [1.807, 2.05) is 30.3 Å². The maximum atomic E-state index is 11.9. The van der Waals surface area contributed by atoms with Crippen molar-refractivity contribution in [1.29, 1.82) is 0 Å². The van der Waals surface area contributed by atoms with E-state index in [1.165, 1.54) is 0 Å². The minimum absolute atomic E-state index is 0.109. The molecule has 0 fully saturated rings. The van der Waals surface area contributed by atoms with Gasteiger partial charge in [0.15, 0.2) is 0 Å². The fraction of sp³-hybridized carbons (Fsp3) is 0.263. The van der Waals surface area contributed by atoms with E-state index in [1.54, 1.807) is 25.4 Å². The summed E-state index contributed by atoms with van der Waals surface area (Å²) in [5.74, 6) is 2.12. The van der Waals surface area contributed by atoms with E-state index in [9.17, 15) is 4.79 Å². The second-order valence-corrected chi connectivity index (χ2v) is 5.60. The number of pyridine rings is 1. The Morgan fingerprint density at radius 2 is 2.07 bits per heavy atom. The number of ether oxygens (including phenoxy) is 2. The molecule has 0 unspecified atom stereocenters. The van der Waals surface area contributed by atoms with Crippen molar-refractivity contribution in [2.24, 2.45) is 0 Å². The normalized spacial score (nSPS) is 10.4. The summed E-state index contributed by atoms with van der Waals surface area (Å²) < 4.78 is 15.9. The molecule has 1 aromatic carbocycles. The largest absolute Gasteiger partial charge is 0.497 e. The third kappa shape index (κ3) is 5.53. The van der Waals surface area contributed by atoms with E-state index in [2.05, 4.69) is 20.4 Å². The number of carbonyl (C=O) groups is 1. The highest BCUT2D eigenvalue weighted by atomic mass is 16.5. The Hall–Kier alpha value is -3.42. The van der Waals surface area contributed by atoms with Crippen molar-refractivity contribution in [1.82, 2.24) is 20.4 Å². The number of amides is 1. The maximum Gasteiger partial charge on any atom is 0.227 e. The number of methoxy groups -OCH3 is 1. The van der Waals surface area contributed by atoms with Crippen molar-refractivity contribution >= 4 is 5.91 Å². The Balaban J connectivity index is 1.37. The molecule has 2 aromatic heterocycles. The minimum Gasteiger partial charge on any atom is -0.497 e. The van der Waals surface area contributed by atoms with Gasteiger partial charge in [-0.3, -0.25) is 9.78 Å². The molecular weight excluding hydrogens is 348 g/mol. The standard InChI is InChI=1S/C19H20N4O4/c1-25-14-5-4-6-15(13-14)26-12-11-21-17(24)8-9-18-22-19(23-27-18)16-7-2-3-10-20-16/h2-7,10,13H,8-9,11-12H2,1H3,(H,21,24). The summed E-state index contributed by atoms with van der Waals surface area (Å²) in [6, 6.07) is 12.8. The average molecular weight is 368 g/mol. The highest BCUT2D eigenvalue weighted by Crippen LogP contribution is 2.18. The Bertz CT molecular complexity index is 867. The number of nitrogens with zero attached hydrogens (tertiary/aromatic N) is 3. The van der Waals surface area contributed by atoms with Crippen LogP contribution in [0.3, 0.4) is 0 Å². The predicted octanol–water partition coefficient (Wildman–Crippen LogP) is 2.27. The van der Waals surface area contributed by atoms with Crippen LogP contribution in [0.15, 0.2) is 53.2 Å².